The Kier molecular flexibility index (Phi) is 7.81. The Morgan fingerprint density at radius 3 is 2.44 bits per heavy atom. The van der Waals surface area contributed by atoms with Crippen molar-refractivity contribution in [2.45, 2.75) is 6.61 Å². The van der Waals surface area contributed by atoms with Crippen LogP contribution in [-0.4, -0.2) is 32.4 Å². The Labute approximate surface area is 195 Å². The van der Waals surface area contributed by atoms with Gasteiger partial charge in [-0.25, -0.2) is 13.2 Å². The van der Waals surface area contributed by atoms with E-state index < -0.39 is 22.9 Å². The maximum absolute atomic E-state index is 12.7. The van der Waals surface area contributed by atoms with Crippen LogP contribution in [0.4, 0.5) is 5.69 Å². The first-order valence-corrected chi connectivity index (χ1v) is 10.8. The quantitative estimate of drug-likeness (QED) is 0.374. The number of rotatable bonds is 7. The number of benzene rings is 2. The van der Waals surface area contributed by atoms with E-state index in [9.17, 15) is 18.0 Å². The molecule has 0 atom stereocenters. The molecular weight excluding hydrogens is 479 g/mol. The number of nitrogens with zero attached hydrogens (tertiary/aromatic N) is 1. The van der Waals surface area contributed by atoms with Gasteiger partial charge in [0, 0.05) is 17.4 Å². The normalized spacial score (nSPS) is 10.8. The fourth-order valence-corrected chi connectivity index (χ4v) is 3.51. The van der Waals surface area contributed by atoms with Crippen LogP contribution < -0.4 is 5.32 Å². The monoisotopic (exact) mass is 494 g/mol. The molecule has 0 fully saturated rings. The highest BCUT2D eigenvalue weighted by atomic mass is 35.5. The molecule has 0 radical (unpaired) electrons. The minimum absolute atomic E-state index is 0.138. The van der Waals surface area contributed by atoms with Gasteiger partial charge in [0.25, 0.3) is 16.9 Å². The van der Waals surface area contributed by atoms with Gasteiger partial charge in [0.15, 0.2) is 0 Å². The predicted molar refractivity (Wildman–Crippen MR) is 121 cm³/mol. The fraction of sp³-hybridized carbons (Fsp3) is 0.0952. The summed E-state index contributed by atoms with van der Waals surface area (Å²) in [5.41, 5.74) is 2.48. The molecule has 0 saturated carbocycles. The number of hydrogen-bond donors (Lipinski definition) is 2. The van der Waals surface area contributed by atoms with E-state index in [0.717, 1.165) is 0 Å². The summed E-state index contributed by atoms with van der Waals surface area (Å²) in [6.45, 7) is -0.178. The summed E-state index contributed by atoms with van der Waals surface area (Å²) < 4.78 is 30.2. The Morgan fingerprint density at radius 1 is 1.03 bits per heavy atom. The average Bonchev–Trinajstić information content (AvgIpc) is 2.78. The number of esters is 1. The van der Waals surface area contributed by atoms with Crippen molar-refractivity contribution in [2.75, 3.05) is 12.4 Å². The number of pyridine rings is 1. The van der Waals surface area contributed by atoms with Gasteiger partial charge in [-0.15, -0.1) is 0 Å². The van der Waals surface area contributed by atoms with Crippen molar-refractivity contribution in [3.63, 3.8) is 0 Å². The lowest BCUT2D eigenvalue weighted by Crippen LogP contribution is -2.12. The standard InChI is InChI=1S/C21H16Cl2N2O6S/c1-30-21(27)13-3-7-19(24-10-13)16-9-14(4-6-17(16)22)25-20(26)15-5-2-12(8-18(15)23)11-31-32(28)29/h2-10,32H,11H2,1H3,(H,25,26). The van der Waals surface area contributed by atoms with Crippen LogP contribution in [-0.2, 0) is 26.5 Å². The largest absolute Gasteiger partial charge is 0.465 e. The molecule has 0 bridgehead atoms. The zero-order valence-electron chi connectivity index (χ0n) is 16.5. The molecule has 1 N–H and O–H groups in total. The molecule has 0 unspecified atom stereocenters. The van der Waals surface area contributed by atoms with E-state index in [4.69, 9.17) is 23.2 Å². The summed E-state index contributed by atoms with van der Waals surface area (Å²) in [7, 11) is -1.70. The van der Waals surface area contributed by atoms with E-state index in [1.165, 1.54) is 25.4 Å². The van der Waals surface area contributed by atoms with Gasteiger partial charge in [-0.05, 0) is 48.0 Å². The number of carbonyl (C=O) groups is 2. The van der Waals surface area contributed by atoms with Crippen molar-refractivity contribution in [2.24, 2.45) is 0 Å². The molecule has 3 aromatic rings. The number of carbonyl (C=O) groups excluding carboxylic acids is 2. The molecule has 0 aliphatic rings. The van der Waals surface area contributed by atoms with Crippen LogP contribution in [0.5, 0.6) is 0 Å². The highest BCUT2D eigenvalue weighted by Crippen LogP contribution is 2.30. The first-order chi connectivity index (χ1) is 15.3. The predicted octanol–water partition coefficient (Wildman–Crippen LogP) is 4.14. The number of thiol groups is 1. The fourth-order valence-electron chi connectivity index (χ4n) is 2.75. The van der Waals surface area contributed by atoms with Crippen LogP contribution in [0.15, 0.2) is 54.7 Å². The van der Waals surface area contributed by atoms with Crippen LogP contribution in [0.1, 0.15) is 26.3 Å². The second kappa shape index (κ2) is 10.6. The molecule has 0 aliphatic heterocycles. The number of ether oxygens (including phenoxy) is 1. The molecule has 0 aliphatic carbocycles. The topological polar surface area (TPSA) is 112 Å². The van der Waals surface area contributed by atoms with E-state index >= 15 is 0 Å². The third kappa shape index (κ3) is 5.83. The van der Waals surface area contributed by atoms with E-state index in [-0.39, 0.29) is 17.2 Å². The van der Waals surface area contributed by atoms with E-state index in [0.29, 0.717) is 33.1 Å². The Morgan fingerprint density at radius 2 is 1.81 bits per heavy atom. The third-order valence-corrected chi connectivity index (χ3v) is 5.28. The molecule has 32 heavy (non-hydrogen) atoms. The maximum Gasteiger partial charge on any atom is 0.339 e. The molecule has 1 amide bonds. The first kappa shape index (κ1) is 23.7. The Balaban J connectivity index is 1.80. The van der Waals surface area contributed by atoms with E-state index in [1.807, 2.05) is 0 Å². The number of halogens is 2. The zero-order valence-corrected chi connectivity index (χ0v) is 18.9. The van der Waals surface area contributed by atoms with Crippen molar-refractivity contribution in [3.05, 3.63) is 81.5 Å². The highest BCUT2D eigenvalue weighted by Gasteiger charge is 2.14. The summed E-state index contributed by atoms with van der Waals surface area (Å²) in [4.78, 5) is 28.5. The first-order valence-electron chi connectivity index (χ1n) is 9.00. The second-order valence-corrected chi connectivity index (χ2v) is 7.90. The Hall–Kier alpha value is -2.98. The molecule has 2 aromatic carbocycles. The third-order valence-electron chi connectivity index (χ3n) is 4.30. The molecule has 11 heteroatoms. The van der Waals surface area contributed by atoms with Crippen LogP contribution in [0.3, 0.4) is 0 Å². The molecule has 8 nitrogen and oxygen atoms in total. The number of methoxy groups -OCH3 is 1. The molecule has 1 heterocycles. The summed E-state index contributed by atoms with van der Waals surface area (Å²) >= 11 is 12.5. The molecule has 166 valence electrons. The molecule has 3 rings (SSSR count). The lowest BCUT2D eigenvalue weighted by atomic mass is 10.1. The minimum atomic E-state index is -2.98. The summed E-state index contributed by atoms with van der Waals surface area (Å²) in [6.07, 6.45) is 1.37. The smallest absolute Gasteiger partial charge is 0.339 e. The van der Waals surface area contributed by atoms with Gasteiger partial charge in [-0.3, -0.25) is 14.0 Å². The lowest BCUT2D eigenvalue weighted by molar-refractivity contribution is 0.0600. The van der Waals surface area contributed by atoms with E-state index in [1.54, 1.807) is 36.4 Å². The molecule has 0 spiro atoms. The zero-order chi connectivity index (χ0) is 23.3. The number of anilines is 1. The SMILES string of the molecule is COC(=O)c1ccc(-c2cc(NC(=O)c3ccc(CO[SH](=O)=O)cc3Cl)ccc2Cl)nc1. The van der Waals surface area contributed by atoms with Crippen LogP contribution in [0.2, 0.25) is 10.0 Å². The number of amides is 1. The van der Waals surface area contributed by atoms with Gasteiger partial charge in [-0.2, -0.15) is 0 Å². The number of aromatic nitrogens is 1. The maximum atomic E-state index is 12.7. The van der Waals surface area contributed by atoms with Gasteiger partial charge in [0.05, 0.1) is 40.6 Å². The van der Waals surface area contributed by atoms with Crippen LogP contribution in [0.25, 0.3) is 11.3 Å². The lowest BCUT2D eigenvalue weighted by Gasteiger charge is -2.11. The highest BCUT2D eigenvalue weighted by molar-refractivity contribution is 7.67. The van der Waals surface area contributed by atoms with Gasteiger partial charge in [-0.1, -0.05) is 29.3 Å². The number of nitrogens with one attached hydrogen (secondary N) is 1. The van der Waals surface area contributed by atoms with Crippen molar-refractivity contribution < 1.29 is 26.9 Å². The van der Waals surface area contributed by atoms with Crippen molar-refractivity contribution in [1.29, 1.82) is 0 Å². The van der Waals surface area contributed by atoms with E-state index in [2.05, 4.69) is 19.2 Å². The number of hydrogen-bond acceptors (Lipinski definition) is 7. The average molecular weight is 495 g/mol. The van der Waals surface area contributed by atoms with Gasteiger partial charge >= 0.3 is 5.97 Å². The molecular formula is C21H16Cl2N2O6S. The molecule has 1 aromatic heterocycles. The van der Waals surface area contributed by atoms with Crippen molar-refractivity contribution in [3.8, 4) is 11.3 Å². The van der Waals surface area contributed by atoms with Gasteiger partial charge < -0.3 is 10.1 Å². The summed E-state index contributed by atoms with van der Waals surface area (Å²) in [5.74, 6) is -0.980. The second-order valence-electron chi connectivity index (χ2n) is 6.38. The van der Waals surface area contributed by atoms with Gasteiger partial charge in [0.2, 0.25) is 0 Å². The summed E-state index contributed by atoms with van der Waals surface area (Å²) in [5, 5.41) is 3.27. The Bertz CT molecular complexity index is 1240. The van der Waals surface area contributed by atoms with Crippen molar-refractivity contribution >= 4 is 51.8 Å². The summed E-state index contributed by atoms with van der Waals surface area (Å²) in [6, 6.07) is 12.5. The molecule has 0 saturated heterocycles. The van der Waals surface area contributed by atoms with Crippen LogP contribution >= 0.6 is 23.2 Å². The van der Waals surface area contributed by atoms with Crippen molar-refractivity contribution in [1.82, 2.24) is 4.98 Å². The minimum Gasteiger partial charge on any atom is -0.465 e. The van der Waals surface area contributed by atoms with Crippen LogP contribution in [0, 0.1) is 0 Å². The van der Waals surface area contributed by atoms with Gasteiger partial charge in [0.1, 0.15) is 0 Å².